The summed E-state index contributed by atoms with van der Waals surface area (Å²) < 4.78 is 0. The number of hydrogen-bond donors (Lipinski definition) is 1. The fourth-order valence-electron chi connectivity index (χ4n) is 2.14. The molecular formula is C15H20N6O2. The van der Waals surface area contributed by atoms with Crippen LogP contribution in [-0.4, -0.2) is 33.5 Å². The monoisotopic (exact) mass is 316 g/mol. The smallest absolute Gasteiger partial charge is 0.353 e. The van der Waals surface area contributed by atoms with Crippen molar-refractivity contribution in [3.05, 3.63) is 40.3 Å². The largest absolute Gasteiger partial charge is 0.354 e. The van der Waals surface area contributed by atoms with E-state index in [0.29, 0.717) is 18.2 Å². The van der Waals surface area contributed by atoms with Gasteiger partial charge >= 0.3 is 5.69 Å². The van der Waals surface area contributed by atoms with Crippen LogP contribution < -0.4 is 10.2 Å². The third-order valence-electron chi connectivity index (χ3n) is 3.33. The van der Waals surface area contributed by atoms with Crippen molar-refractivity contribution < 1.29 is 4.92 Å². The van der Waals surface area contributed by atoms with Gasteiger partial charge in [0.1, 0.15) is 12.1 Å². The van der Waals surface area contributed by atoms with Crippen LogP contribution in [0.4, 0.5) is 23.1 Å². The van der Waals surface area contributed by atoms with Crippen LogP contribution in [0.25, 0.3) is 0 Å². The van der Waals surface area contributed by atoms with Crippen molar-refractivity contribution in [2.75, 3.05) is 23.8 Å². The van der Waals surface area contributed by atoms with Crippen molar-refractivity contribution >= 4 is 23.1 Å². The van der Waals surface area contributed by atoms with Gasteiger partial charge in [-0.2, -0.15) is 0 Å². The van der Waals surface area contributed by atoms with Gasteiger partial charge in [0.2, 0.25) is 11.6 Å². The molecule has 0 aliphatic rings. The van der Waals surface area contributed by atoms with Crippen molar-refractivity contribution in [1.29, 1.82) is 0 Å². The van der Waals surface area contributed by atoms with E-state index in [1.165, 1.54) is 6.33 Å². The van der Waals surface area contributed by atoms with Gasteiger partial charge in [-0.1, -0.05) is 19.4 Å². The van der Waals surface area contributed by atoms with Crippen LogP contribution in [-0.2, 0) is 0 Å². The Bertz CT molecular complexity index is 691. The minimum Gasteiger partial charge on any atom is -0.354 e. The maximum Gasteiger partial charge on any atom is 0.353 e. The molecule has 2 aromatic heterocycles. The number of rotatable bonds is 7. The Kier molecular flexibility index (Phi) is 5.40. The SMILES string of the molecule is CCCCN(C)c1ncnc(Nc2cccc(C)n2)c1[N+](=O)[O-]. The summed E-state index contributed by atoms with van der Waals surface area (Å²) in [5.41, 5.74) is 0.668. The highest BCUT2D eigenvalue weighted by Crippen LogP contribution is 2.32. The van der Waals surface area contributed by atoms with Crippen LogP contribution in [0.2, 0.25) is 0 Å². The molecule has 122 valence electrons. The van der Waals surface area contributed by atoms with E-state index in [1.54, 1.807) is 18.0 Å². The van der Waals surface area contributed by atoms with Gasteiger partial charge in [-0.25, -0.2) is 15.0 Å². The maximum atomic E-state index is 11.5. The van der Waals surface area contributed by atoms with E-state index in [2.05, 4.69) is 27.2 Å². The van der Waals surface area contributed by atoms with Crippen LogP contribution in [0.15, 0.2) is 24.5 Å². The first-order chi connectivity index (χ1) is 11.0. The summed E-state index contributed by atoms with van der Waals surface area (Å²) in [4.78, 5) is 25.2. The predicted molar refractivity (Wildman–Crippen MR) is 89.1 cm³/mol. The van der Waals surface area contributed by atoms with E-state index < -0.39 is 4.92 Å². The van der Waals surface area contributed by atoms with Crippen LogP contribution in [0, 0.1) is 17.0 Å². The highest BCUT2D eigenvalue weighted by molar-refractivity contribution is 5.73. The summed E-state index contributed by atoms with van der Waals surface area (Å²) in [6.07, 6.45) is 3.25. The number of hydrogen-bond acceptors (Lipinski definition) is 7. The molecule has 0 unspecified atom stereocenters. The molecule has 8 nitrogen and oxygen atoms in total. The molecule has 0 amide bonds. The molecular weight excluding hydrogens is 296 g/mol. The minimum atomic E-state index is -0.462. The lowest BCUT2D eigenvalue weighted by Gasteiger charge is -2.18. The van der Waals surface area contributed by atoms with E-state index in [9.17, 15) is 10.1 Å². The highest BCUT2D eigenvalue weighted by atomic mass is 16.6. The fourth-order valence-corrected chi connectivity index (χ4v) is 2.14. The van der Waals surface area contributed by atoms with E-state index in [0.717, 1.165) is 18.5 Å². The molecule has 0 spiro atoms. The second-order valence-corrected chi connectivity index (χ2v) is 5.22. The summed E-state index contributed by atoms with van der Waals surface area (Å²) in [7, 11) is 1.79. The number of nitrogens with one attached hydrogen (secondary N) is 1. The number of nitro groups is 1. The molecule has 0 aliphatic carbocycles. The average molecular weight is 316 g/mol. The van der Waals surface area contributed by atoms with Gasteiger partial charge in [-0.15, -0.1) is 0 Å². The summed E-state index contributed by atoms with van der Waals surface area (Å²) in [5, 5.41) is 14.4. The number of unbranched alkanes of at least 4 members (excludes halogenated alkanes) is 1. The summed E-state index contributed by atoms with van der Waals surface area (Å²) >= 11 is 0. The molecule has 0 aromatic carbocycles. The average Bonchev–Trinajstić information content (AvgIpc) is 2.52. The molecule has 2 rings (SSSR count). The molecule has 0 radical (unpaired) electrons. The molecule has 0 saturated carbocycles. The fraction of sp³-hybridized carbons (Fsp3) is 0.400. The zero-order chi connectivity index (χ0) is 16.8. The van der Waals surface area contributed by atoms with E-state index in [1.807, 2.05) is 19.1 Å². The Hall–Kier alpha value is -2.77. The van der Waals surface area contributed by atoms with E-state index >= 15 is 0 Å². The molecule has 0 fully saturated rings. The molecule has 0 bridgehead atoms. The van der Waals surface area contributed by atoms with Crippen molar-refractivity contribution in [1.82, 2.24) is 15.0 Å². The van der Waals surface area contributed by atoms with Gasteiger partial charge in [0.15, 0.2) is 0 Å². The number of nitrogens with zero attached hydrogens (tertiary/aromatic N) is 5. The molecule has 0 aliphatic heterocycles. The Morgan fingerprint density at radius 1 is 1.35 bits per heavy atom. The second-order valence-electron chi connectivity index (χ2n) is 5.22. The Balaban J connectivity index is 2.37. The van der Waals surface area contributed by atoms with Crippen molar-refractivity contribution in [3.8, 4) is 0 Å². The lowest BCUT2D eigenvalue weighted by Crippen LogP contribution is -2.21. The third kappa shape index (κ3) is 4.12. The number of aryl methyl sites for hydroxylation is 1. The molecule has 2 heterocycles. The lowest BCUT2D eigenvalue weighted by molar-refractivity contribution is -0.383. The van der Waals surface area contributed by atoms with Crippen LogP contribution >= 0.6 is 0 Å². The van der Waals surface area contributed by atoms with Gasteiger partial charge in [-0.05, 0) is 25.5 Å². The van der Waals surface area contributed by atoms with Gasteiger partial charge in [0.05, 0.1) is 4.92 Å². The Morgan fingerprint density at radius 2 is 2.13 bits per heavy atom. The lowest BCUT2D eigenvalue weighted by atomic mass is 10.3. The van der Waals surface area contributed by atoms with Gasteiger partial charge in [0, 0.05) is 19.3 Å². The van der Waals surface area contributed by atoms with E-state index in [4.69, 9.17) is 0 Å². The molecule has 23 heavy (non-hydrogen) atoms. The molecule has 8 heteroatoms. The zero-order valence-corrected chi connectivity index (χ0v) is 13.5. The quantitative estimate of drug-likeness (QED) is 0.619. The van der Waals surface area contributed by atoms with Crippen LogP contribution in [0.1, 0.15) is 25.5 Å². The minimum absolute atomic E-state index is 0.140. The van der Waals surface area contributed by atoms with Crippen molar-refractivity contribution in [2.45, 2.75) is 26.7 Å². The Labute approximate surface area is 134 Å². The number of aromatic nitrogens is 3. The topological polar surface area (TPSA) is 97.1 Å². The summed E-state index contributed by atoms with van der Waals surface area (Å²) in [6, 6.07) is 5.41. The molecule has 2 aromatic rings. The maximum absolute atomic E-state index is 11.5. The number of anilines is 3. The highest BCUT2D eigenvalue weighted by Gasteiger charge is 2.25. The zero-order valence-electron chi connectivity index (χ0n) is 13.5. The summed E-state index contributed by atoms with van der Waals surface area (Å²) in [6.45, 7) is 4.61. The molecule has 0 atom stereocenters. The molecule has 1 N–H and O–H groups in total. The Morgan fingerprint density at radius 3 is 2.78 bits per heavy atom. The van der Waals surface area contributed by atoms with Gasteiger partial charge < -0.3 is 10.2 Å². The second kappa shape index (κ2) is 7.48. The normalized spacial score (nSPS) is 10.4. The first-order valence-electron chi connectivity index (χ1n) is 7.44. The third-order valence-corrected chi connectivity index (χ3v) is 3.33. The first kappa shape index (κ1) is 16.6. The van der Waals surface area contributed by atoms with Gasteiger partial charge in [-0.3, -0.25) is 10.1 Å². The van der Waals surface area contributed by atoms with E-state index in [-0.39, 0.29) is 11.5 Å². The summed E-state index contributed by atoms with van der Waals surface area (Å²) in [5.74, 6) is 0.948. The number of pyridine rings is 1. The van der Waals surface area contributed by atoms with Crippen molar-refractivity contribution in [2.24, 2.45) is 0 Å². The predicted octanol–water partition coefficient (Wildman–Crippen LogP) is 3.07. The van der Waals surface area contributed by atoms with Crippen molar-refractivity contribution in [3.63, 3.8) is 0 Å². The van der Waals surface area contributed by atoms with Crippen LogP contribution in [0.3, 0.4) is 0 Å². The van der Waals surface area contributed by atoms with Crippen LogP contribution in [0.5, 0.6) is 0 Å². The standard InChI is InChI=1S/C15H20N6O2/c1-4-5-9-20(3)15-13(21(22)23)14(16-10-17-15)19-12-8-6-7-11(2)18-12/h6-8,10H,4-5,9H2,1-3H3,(H,16,17,18,19). The molecule has 0 saturated heterocycles. The first-order valence-corrected chi connectivity index (χ1v) is 7.44. The van der Waals surface area contributed by atoms with Gasteiger partial charge in [0.25, 0.3) is 0 Å².